The number of fused-ring (bicyclic) bond motifs is 7. The lowest BCUT2D eigenvalue weighted by Crippen LogP contribution is -2.64. The highest BCUT2D eigenvalue weighted by molar-refractivity contribution is 6.01. The predicted octanol–water partition coefficient (Wildman–Crippen LogP) is 5.67. The van der Waals surface area contributed by atoms with Gasteiger partial charge in [0.25, 0.3) is 0 Å². The number of nitrogens with one attached hydrogen (secondary N) is 1. The Balaban J connectivity index is 1.25. The summed E-state index contributed by atoms with van der Waals surface area (Å²) >= 11 is 0. The number of carbonyl (C=O) groups excluding carboxylic acids is 4. The molecule has 0 aromatic rings. The summed E-state index contributed by atoms with van der Waals surface area (Å²) in [7, 11) is 3.96. The summed E-state index contributed by atoms with van der Waals surface area (Å²) in [5.74, 6) is -0.901. The van der Waals surface area contributed by atoms with Gasteiger partial charge in [0.2, 0.25) is 5.78 Å². The maximum absolute atomic E-state index is 14.9. The third kappa shape index (κ3) is 7.28. The number of ketones is 2. The fourth-order valence-electron chi connectivity index (χ4n) is 11.0. The summed E-state index contributed by atoms with van der Waals surface area (Å²) in [5.41, 5.74) is -2.31. The van der Waals surface area contributed by atoms with Gasteiger partial charge in [-0.3, -0.25) is 9.59 Å². The smallest absolute Gasteiger partial charge is 0.408 e. The van der Waals surface area contributed by atoms with Crippen molar-refractivity contribution in [2.24, 2.45) is 34.5 Å². The van der Waals surface area contributed by atoms with Gasteiger partial charge in [0.05, 0.1) is 12.2 Å². The Morgan fingerprint density at radius 1 is 1.10 bits per heavy atom. The number of amides is 1. The first-order valence-electron chi connectivity index (χ1n) is 19.8. The molecule has 0 aromatic carbocycles. The van der Waals surface area contributed by atoms with E-state index in [0.717, 1.165) is 57.1 Å². The molecule has 52 heavy (non-hydrogen) atoms. The summed E-state index contributed by atoms with van der Waals surface area (Å²) in [5, 5.41) is 14.8. The molecule has 1 amide bonds. The number of aliphatic hydroxyl groups is 1. The standard InChI is InChI=1S/C41H62N2O9/c1-38(2,3)52-37(48)42-30(15-11-12-20-43(6)7)35(47)49-24-32(46)41-33(50-36(51-41)25-13-9-8-10-14-25)22-29-28-17-16-26-21-27(44)18-19-39(26,4)34(28)31(45)23-40(29,41)5/h18-19,21,25,28-31,33-34,36,45H,8-17,20,22-24H2,1-7H3,(H,42,48)/t28?,29?,30?,31-,33-,34?,36+,39-,40-,41+/m0/s1. The zero-order chi connectivity index (χ0) is 37.6. The lowest BCUT2D eigenvalue weighted by atomic mass is 9.46. The minimum Gasteiger partial charge on any atom is -0.456 e. The van der Waals surface area contributed by atoms with Crippen molar-refractivity contribution in [3.05, 3.63) is 23.8 Å². The molecule has 0 radical (unpaired) electrons. The molecule has 4 saturated carbocycles. The number of carbonyl (C=O) groups is 4. The number of Topliss-reactive ketones (excluding diaryl/α,β-unsaturated/α-hetero) is 1. The third-order valence-electron chi connectivity index (χ3n) is 13.4. The van der Waals surface area contributed by atoms with Gasteiger partial charge in [-0.05, 0) is 123 Å². The monoisotopic (exact) mass is 726 g/mol. The molecule has 4 unspecified atom stereocenters. The van der Waals surface area contributed by atoms with Crippen molar-refractivity contribution in [3.63, 3.8) is 0 Å². The molecule has 5 aliphatic carbocycles. The number of nitrogens with zero attached hydrogens (tertiary/aromatic N) is 1. The molecule has 0 bridgehead atoms. The van der Waals surface area contributed by atoms with Crippen LogP contribution in [-0.4, -0.2) is 96.6 Å². The van der Waals surface area contributed by atoms with Gasteiger partial charge in [-0.25, -0.2) is 9.59 Å². The second-order valence-corrected chi connectivity index (χ2v) is 18.2. The average molecular weight is 727 g/mol. The highest BCUT2D eigenvalue weighted by atomic mass is 16.7. The molecule has 10 atom stereocenters. The molecule has 0 spiro atoms. The molecule has 5 fully saturated rings. The first-order chi connectivity index (χ1) is 24.5. The van der Waals surface area contributed by atoms with Gasteiger partial charge in [0.1, 0.15) is 11.6 Å². The summed E-state index contributed by atoms with van der Waals surface area (Å²) in [6.07, 6.45) is 12.4. The van der Waals surface area contributed by atoms with Crippen LogP contribution in [0.3, 0.4) is 0 Å². The van der Waals surface area contributed by atoms with Crippen LogP contribution in [0.15, 0.2) is 23.8 Å². The Kier molecular flexibility index (Phi) is 11.2. The molecule has 11 heteroatoms. The zero-order valence-electron chi connectivity index (χ0n) is 32.4. The third-order valence-corrected chi connectivity index (χ3v) is 13.4. The molecular formula is C41H62N2O9. The number of alkyl carbamates (subject to hydrolysis) is 1. The fourth-order valence-corrected chi connectivity index (χ4v) is 11.0. The van der Waals surface area contributed by atoms with Crippen molar-refractivity contribution in [2.75, 3.05) is 27.2 Å². The number of esters is 1. The number of aliphatic hydroxyl groups excluding tert-OH is 1. The normalized spacial score (nSPS) is 37.7. The molecule has 2 N–H and O–H groups in total. The van der Waals surface area contributed by atoms with Gasteiger partial charge in [-0.2, -0.15) is 0 Å². The van der Waals surface area contributed by atoms with Crippen LogP contribution in [-0.2, 0) is 33.3 Å². The highest BCUT2D eigenvalue weighted by Crippen LogP contribution is 2.70. The van der Waals surface area contributed by atoms with Crippen LogP contribution in [0.25, 0.3) is 0 Å². The Bertz CT molecular complexity index is 1450. The van der Waals surface area contributed by atoms with Crippen molar-refractivity contribution >= 4 is 23.6 Å². The van der Waals surface area contributed by atoms with Crippen molar-refractivity contribution < 1.29 is 43.2 Å². The largest absolute Gasteiger partial charge is 0.456 e. The Morgan fingerprint density at radius 3 is 2.52 bits per heavy atom. The maximum Gasteiger partial charge on any atom is 0.408 e. The topological polar surface area (TPSA) is 141 Å². The molecule has 1 aliphatic heterocycles. The predicted molar refractivity (Wildman–Crippen MR) is 194 cm³/mol. The quantitative estimate of drug-likeness (QED) is 0.202. The van der Waals surface area contributed by atoms with Gasteiger partial charge < -0.3 is 34.3 Å². The molecule has 290 valence electrons. The number of ether oxygens (including phenoxy) is 4. The van der Waals surface area contributed by atoms with E-state index in [1.54, 1.807) is 32.9 Å². The van der Waals surface area contributed by atoms with Crippen molar-refractivity contribution in [1.82, 2.24) is 10.2 Å². The first kappa shape index (κ1) is 39.1. The van der Waals surface area contributed by atoms with Gasteiger partial charge in [-0.1, -0.05) is 44.8 Å². The molecule has 1 heterocycles. The fraction of sp³-hybridized carbons (Fsp3) is 0.805. The number of allylic oxidation sites excluding steroid dienone is 4. The highest BCUT2D eigenvalue weighted by Gasteiger charge is 2.76. The molecule has 11 nitrogen and oxygen atoms in total. The van der Waals surface area contributed by atoms with Crippen LogP contribution in [0.1, 0.15) is 112 Å². The van der Waals surface area contributed by atoms with E-state index >= 15 is 0 Å². The van der Waals surface area contributed by atoms with E-state index in [4.69, 9.17) is 18.9 Å². The Hall–Kier alpha value is -2.60. The van der Waals surface area contributed by atoms with E-state index in [1.807, 2.05) is 20.2 Å². The number of hydrogen-bond acceptors (Lipinski definition) is 10. The van der Waals surface area contributed by atoms with Crippen LogP contribution in [0.2, 0.25) is 0 Å². The SMILES string of the molecule is CN(C)CCCCC(NC(=O)OC(C)(C)C)C(=O)OCC(=O)[C@@]12O[C@H](C3CCCCC3)O[C@H]1CC1C3CCC4=CC(=O)C=C[C@]4(C)C3[C@@H](O)C[C@@]12C. The summed E-state index contributed by atoms with van der Waals surface area (Å²) in [6.45, 7) is 9.78. The van der Waals surface area contributed by atoms with Crippen molar-refractivity contribution in [3.8, 4) is 0 Å². The van der Waals surface area contributed by atoms with E-state index in [-0.39, 0.29) is 35.2 Å². The minimum atomic E-state index is -1.40. The molecule has 1 saturated heterocycles. The number of hydrogen-bond donors (Lipinski definition) is 2. The van der Waals surface area contributed by atoms with Crippen molar-refractivity contribution in [2.45, 2.75) is 147 Å². The van der Waals surface area contributed by atoms with E-state index in [9.17, 15) is 24.3 Å². The Labute approximate surface area is 309 Å². The number of rotatable bonds is 11. The van der Waals surface area contributed by atoms with E-state index in [2.05, 4.69) is 24.1 Å². The van der Waals surface area contributed by atoms with Crippen LogP contribution in [0.5, 0.6) is 0 Å². The van der Waals surface area contributed by atoms with Crippen LogP contribution in [0, 0.1) is 34.5 Å². The van der Waals surface area contributed by atoms with Gasteiger partial charge >= 0.3 is 12.1 Å². The van der Waals surface area contributed by atoms with E-state index in [1.165, 1.54) is 6.42 Å². The van der Waals surface area contributed by atoms with Gasteiger partial charge in [-0.15, -0.1) is 0 Å². The second kappa shape index (κ2) is 14.9. The molecule has 0 aromatic heterocycles. The molecule has 6 aliphatic rings. The lowest BCUT2D eigenvalue weighted by Gasteiger charge is -2.59. The molecule has 6 rings (SSSR count). The second-order valence-electron chi connectivity index (χ2n) is 18.2. The Morgan fingerprint density at radius 2 is 1.83 bits per heavy atom. The van der Waals surface area contributed by atoms with Crippen LogP contribution in [0.4, 0.5) is 4.79 Å². The first-order valence-corrected chi connectivity index (χ1v) is 19.8. The van der Waals surface area contributed by atoms with Gasteiger partial charge in [0, 0.05) is 22.7 Å². The average Bonchev–Trinajstić information content (AvgIpc) is 3.57. The van der Waals surface area contributed by atoms with Crippen molar-refractivity contribution in [1.29, 1.82) is 0 Å². The van der Waals surface area contributed by atoms with Gasteiger partial charge in [0.15, 0.2) is 24.3 Å². The minimum absolute atomic E-state index is 0.0109. The summed E-state index contributed by atoms with van der Waals surface area (Å²) in [4.78, 5) is 55.7. The molecular weight excluding hydrogens is 664 g/mol. The lowest BCUT2D eigenvalue weighted by molar-refractivity contribution is -0.210. The summed E-state index contributed by atoms with van der Waals surface area (Å²) < 4.78 is 25.0. The van der Waals surface area contributed by atoms with Crippen LogP contribution < -0.4 is 5.32 Å². The van der Waals surface area contributed by atoms with E-state index < -0.39 is 65.2 Å². The van der Waals surface area contributed by atoms with E-state index in [0.29, 0.717) is 25.7 Å². The maximum atomic E-state index is 14.9. The zero-order valence-corrected chi connectivity index (χ0v) is 32.4. The number of unbranched alkanes of at least 4 members (excludes halogenated alkanes) is 1. The van der Waals surface area contributed by atoms with Crippen LogP contribution >= 0.6 is 0 Å². The summed E-state index contributed by atoms with van der Waals surface area (Å²) in [6, 6.07) is -0.987.